The molecule has 0 aliphatic heterocycles. The van der Waals surface area contributed by atoms with E-state index in [1.807, 2.05) is 18.7 Å². The largest absolute Gasteiger partial charge is 0.477 e. The van der Waals surface area contributed by atoms with Crippen LogP contribution in [0.5, 0.6) is 0 Å². The van der Waals surface area contributed by atoms with Gasteiger partial charge in [-0.15, -0.1) is 0 Å². The van der Waals surface area contributed by atoms with E-state index in [0.717, 1.165) is 12.8 Å². The van der Waals surface area contributed by atoms with Crippen molar-refractivity contribution in [2.24, 2.45) is 0 Å². The maximum atomic E-state index is 11.0. The third kappa shape index (κ3) is 3.57. The highest BCUT2D eigenvalue weighted by molar-refractivity contribution is 5.87. The van der Waals surface area contributed by atoms with Crippen molar-refractivity contribution < 1.29 is 15.0 Å². The number of aromatic nitrogens is 1. The summed E-state index contributed by atoms with van der Waals surface area (Å²) in [5.74, 6) is -0.655. The quantitative estimate of drug-likeness (QED) is 0.689. The number of aliphatic hydroxyl groups is 1. The Morgan fingerprint density at radius 2 is 2.05 bits per heavy atom. The van der Waals surface area contributed by atoms with Gasteiger partial charge in [-0.1, -0.05) is 13.8 Å². The second-order valence-corrected chi connectivity index (χ2v) is 4.30. The molecule has 0 aliphatic carbocycles. The Morgan fingerprint density at radius 3 is 2.53 bits per heavy atom. The molecule has 1 aromatic heterocycles. The summed E-state index contributed by atoms with van der Waals surface area (Å²) in [4.78, 5) is 17.0. The van der Waals surface area contributed by atoms with Gasteiger partial charge < -0.3 is 20.8 Å². The summed E-state index contributed by atoms with van der Waals surface area (Å²) in [5.41, 5.74) is 6.27. The number of carboxylic acid groups (broad SMARTS) is 1. The minimum absolute atomic E-state index is 0.0328. The van der Waals surface area contributed by atoms with E-state index in [1.54, 1.807) is 6.07 Å². The van der Waals surface area contributed by atoms with Gasteiger partial charge in [0.15, 0.2) is 11.5 Å². The number of hydrogen-bond donors (Lipinski definition) is 3. The highest BCUT2D eigenvalue weighted by atomic mass is 16.4. The molecule has 0 radical (unpaired) electrons. The number of carboxylic acids is 1. The summed E-state index contributed by atoms with van der Waals surface area (Å²) in [5, 5.41) is 18.2. The Balaban J connectivity index is 3.20. The van der Waals surface area contributed by atoms with Crippen molar-refractivity contribution in [2.45, 2.75) is 32.7 Å². The predicted molar refractivity (Wildman–Crippen MR) is 74.4 cm³/mol. The summed E-state index contributed by atoms with van der Waals surface area (Å²) in [6.45, 7) is 4.42. The van der Waals surface area contributed by atoms with E-state index >= 15 is 0 Å². The lowest BCUT2D eigenvalue weighted by atomic mass is 10.1. The third-order valence-electron chi connectivity index (χ3n) is 3.12. The van der Waals surface area contributed by atoms with Crippen molar-refractivity contribution in [1.82, 2.24) is 4.98 Å². The Kier molecular flexibility index (Phi) is 5.57. The maximum absolute atomic E-state index is 11.0. The molecule has 1 rings (SSSR count). The second kappa shape index (κ2) is 6.94. The third-order valence-corrected chi connectivity index (χ3v) is 3.12. The molecule has 0 fully saturated rings. The molecule has 1 heterocycles. The van der Waals surface area contributed by atoms with Gasteiger partial charge >= 0.3 is 5.97 Å². The molecule has 0 bridgehead atoms. The number of hydrogen-bond acceptors (Lipinski definition) is 5. The van der Waals surface area contributed by atoms with Crippen LogP contribution >= 0.6 is 0 Å². The molecule has 106 valence electrons. The van der Waals surface area contributed by atoms with Crippen LogP contribution < -0.4 is 10.6 Å². The van der Waals surface area contributed by atoms with E-state index in [0.29, 0.717) is 18.1 Å². The lowest BCUT2D eigenvalue weighted by molar-refractivity contribution is 0.0690. The number of carbonyl (C=O) groups is 1. The molecular formula is C13H21N3O3. The minimum Gasteiger partial charge on any atom is -0.477 e. The van der Waals surface area contributed by atoms with Gasteiger partial charge in [-0.05, 0) is 25.0 Å². The number of nitrogen functional groups attached to an aromatic ring is 1. The van der Waals surface area contributed by atoms with E-state index in [1.165, 1.54) is 6.07 Å². The van der Waals surface area contributed by atoms with Gasteiger partial charge in [0.05, 0.1) is 12.3 Å². The van der Waals surface area contributed by atoms with Crippen LogP contribution in [0, 0.1) is 0 Å². The molecule has 0 atom stereocenters. The highest BCUT2D eigenvalue weighted by Crippen LogP contribution is 2.25. The standard InChI is InChI=1S/C13H21N3O3/c1-3-9(4-2)16(7-8-17)12-10(14)5-6-11(15-12)13(18)19/h5-6,9,17H,3-4,7-8,14H2,1-2H3,(H,18,19). The minimum atomic E-state index is -1.09. The van der Waals surface area contributed by atoms with Crippen LogP contribution in [0.25, 0.3) is 0 Å². The number of aliphatic hydroxyl groups excluding tert-OH is 1. The lowest BCUT2D eigenvalue weighted by Crippen LogP contribution is -2.38. The number of nitrogens with two attached hydrogens (primary N) is 1. The Bertz CT molecular complexity index is 433. The van der Waals surface area contributed by atoms with Crippen LogP contribution in [0.4, 0.5) is 11.5 Å². The van der Waals surface area contributed by atoms with Gasteiger partial charge in [0.1, 0.15) is 0 Å². The molecular weight excluding hydrogens is 246 g/mol. The molecule has 6 nitrogen and oxygen atoms in total. The van der Waals surface area contributed by atoms with Gasteiger partial charge in [0, 0.05) is 12.6 Å². The van der Waals surface area contributed by atoms with Gasteiger partial charge in [-0.2, -0.15) is 0 Å². The fraction of sp³-hybridized carbons (Fsp3) is 0.538. The second-order valence-electron chi connectivity index (χ2n) is 4.30. The molecule has 1 aromatic rings. The number of pyridine rings is 1. The van der Waals surface area contributed by atoms with Gasteiger partial charge in [0.25, 0.3) is 0 Å². The van der Waals surface area contributed by atoms with E-state index in [4.69, 9.17) is 10.8 Å². The van der Waals surface area contributed by atoms with E-state index < -0.39 is 5.97 Å². The predicted octanol–water partition coefficient (Wildman–Crippen LogP) is 1.35. The first-order chi connectivity index (χ1) is 9.04. The Morgan fingerprint density at radius 1 is 1.42 bits per heavy atom. The Hall–Kier alpha value is -1.82. The molecule has 4 N–H and O–H groups in total. The zero-order valence-corrected chi connectivity index (χ0v) is 11.3. The summed E-state index contributed by atoms with van der Waals surface area (Å²) < 4.78 is 0. The van der Waals surface area contributed by atoms with Crippen LogP contribution in [0.3, 0.4) is 0 Å². The highest BCUT2D eigenvalue weighted by Gasteiger charge is 2.20. The molecule has 0 amide bonds. The molecule has 0 unspecified atom stereocenters. The molecule has 19 heavy (non-hydrogen) atoms. The SMILES string of the molecule is CCC(CC)N(CCO)c1nc(C(=O)O)ccc1N. The lowest BCUT2D eigenvalue weighted by Gasteiger charge is -2.32. The summed E-state index contributed by atoms with van der Waals surface area (Å²) in [7, 11) is 0. The van der Waals surface area contributed by atoms with Crippen molar-refractivity contribution in [2.75, 3.05) is 23.8 Å². The summed E-state index contributed by atoms with van der Waals surface area (Å²) >= 11 is 0. The van der Waals surface area contributed by atoms with E-state index in [-0.39, 0.29) is 18.3 Å². The van der Waals surface area contributed by atoms with E-state index in [2.05, 4.69) is 4.98 Å². The van der Waals surface area contributed by atoms with Crippen molar-refractivity contribution in [1.29, 1.82) is 0 Å². The van der Waals surface area contributed by atoms with Crippen LogP contribution in [0.15, 0.2) is 12.1 Å². The fourth-order valence-electron chi connectivity index (χ4n) is 2.11. The normalized spacial score (nSPS) is 10.7. The monoisotopic (exact) mass is 267 g/mol. The van der Waals surface area contributed by atoms with Gasteiger partial charge in [-0.25, -0.2) is 9.78 Å². The molecule has 0 aliphatic rings. The average Bonchev–Trinajstić information content (AvgIpc) is 2.39. The first-order valence-electron chi connectivity index (χ1n) is 6.42. The number of nitrogens with zero attached hydrogens (tertiary/aromatic N) is 2. The van der Waals surface area contributed by atoms with Gasteiger partial charge in [-0.3, -0.25) is 0 Å². The van der Waals surface area contributed by atoms with Crippen molar-refractivity contribution >= 4 is 17.5 Å². The molecule has 0 saturated heterocycles. The first kappa shape index (κ1) is 15.2. The first-order valence-corrected chi connectivity index (χ1v) is 6.42. The topological polar surface area (TPSA) is 99.7 Å². The molecule has 0 saturated carbocycles. The Labute approximate surface area is 112 Å². The maximum Gasteiger partial charge on any atom is 0.354 e. The van der Waals surface area contributed by atoms with E-state index in [9.17, 15) is 9.90 Å². The van der Waals surface area contributed by atoms with Crippen LogP contribution in [0.2, 0.25) is 0 Å². The van der Waals surface area contributed by atoms with Crippen molar-refractivity contribution in [3.05, 3.63) is 17.8 Å². The number of anilines is 2. The van der Waals surface area contributed by atoms with Crippen molar-refractivity contribution in [3.63, 3.8) is 0 Å². The summed E-state index contributed by atoms with van der Waals surface area (Å²) in [6.07, 6.45) is 1.74. The smallest absolute Gasteiger partial charge is 0.354 e. The number of rotatable bonds is 7. The van der Waals surface area contributed by atoms with Crippen LogP contribution in [0.1, 0.15) is 37.2 Å². The average molecular weight is 267 g/mol. The van der Waals surface area contributed by atoms with Crippen LogP contribution in [-0.2, 0) is 0 Å². The van der Waals surface area contributed by atoms with Crippen LogP contribution in [-0.4, -0.2) is 40.4 Å². The molecule has 0 spiro atoms. The van der Waals surface area contributed by atoms with Gasteiger partial charge in [0.2, 0.25) is 0 Å². The zero-order valence-electron chi connectivity index (χ0n) is 11.3. The van der Waals surface area contributed by atoms with Crippen molar-refractivity contribution in [3.8, 4) is 0 Å². The molecule has 0 aromatic carbocycles. The molecule has 6 heteroatoms. The summed E-state index contributed by atoms with van der Waals surface area (Å²) in [6, 6.07) is 3.09. The zero-order chi connectivity index (χ0) is 14.4. The fourth-order valence-corrected chi connectivity index (χ4v) is 2.11. The number of aromatic carboxylic acids is 1.